The zero-order valence-corrected chi connectivity index (χ0v) is 17.6. The third kappa shape index (κ3) is 4.65. The van der Waals surface area contributed by atoms with E-state index in [1.54, 1.807) is 17.0 Å². The van der Waals surface area contributed by atoms with E-state index in [0.29, 0.717) is 37.8 Å². The number of rotatable bonds is 6. The summed E-state index contributed by atoms with van der Waals surface area (Å²) in [6.45, 7) is 6.89. The first-order valence-electron chi connectivity index (χ1n) is 10.5. The summed E-state index contributed by atoms with van der Waals surface area (Å²) in [5.41, 5.74) is 3.56. The monoisotopic (exact) mass is 412 g/mol. The fourth-order valence-corrected chi connectivity index (χ4v) is 4.21. The number of carbonyl (C=O) groups is 1. The van der Waals surface area contributed by atoms with Crippen molar-refractivity contribution in [2.24, 2.45) is 5.92 Å². The number of hydrogen-bond acceptors (Lipinski definition) is 3. The van der Waals surface area contributed by atoms with Gasteiger partial charge in [-0.3, -0.25) is 0 Å². The summed E-state index contributed by atoms with van der Waals surface area (Å²) in [6.07, 6.45) is 1.81. The summed E-state index contributed by atoms with van der Waals surface area (Å²) >= 11 is 0. The number of halogens is 1. The second-order valence-electron chi connectivity index (χ2n) is 8.58. The maximum Gasteiger partial charge on any atom is 0.322 e. The second-order valence-corrected chi connectivity index (χ2v) is 8.58. The minimum Gasteiger partial charge on any atom is -0.377 e. The Morgan fingerprint density at radius 1 is 1.23 bits per heavy atom. The van der Waals surface area contributed by atoms with Crippen LogP contribution in [-0.2, 0) is 16.1 Å². The zero-order valence-electron chi connectivity index (χ0n) is 17.6. The third-order valence-corrected chi connectivity index (χ3v) is 6.18. The molecule has 0 radical (unpaired) electrons. The van der Waals surface area contributed by atoms with E-state index in [-0.39, 0.29) is 24.1 Å². The molecule has 2 aliphatic rings. The van der Waals surface area contributed by atoms with Gasteiger partial charge in [-0.15, -0.1) is 0 Å². The molecule has 160 valence electrons. The van der Waals surface area contributed by atoms with E-state index in [2.05, 4.69) is 12.2 Å². The van der Waals surface area contributed by atoms with Crippen LogP contribution in [0.5, 0.6) is 0 Å². The van der Waals surface area contributed by atoms with Gasteiger partial charge in [0.1, 0.15) is 11.4 Å². The quantitative estimate of drug-likeness (QED) is 0.702. The van der Waals surface area contributed by atoms with Crippen LogP contribution in [0.2, 0.25) is 0 Å². The largest absolute Gasteiger partial charge is 0.377 e. The molecule has 0 bridgehead atoms. The number of aryl methyl sites for hydroxylation is 2. The summed E-state index contributed by atoms with van der Waals surface area (Å²) < 4.78 is 25.3. The van der Waals surface area contributed by atoms with Crippen LogP contribution in [0.3, 0.4) is 0 Å². The number of benzene rings is 2. The van der Waals surface area contributed by atoms with Crippen molar-refractivity contribution in [3.05, 3.63) is 65.0 Å². The molecule has 1 atom stereocenters. The van der Waals surface area contributed by atoms with Gasteiger partial charge in [0.25, 0.3) is 0 Å². The van der Waals surface area contributed by atoms with Gasteiger partial charge in [-0.1, -0.05) is 24.3 Å². The summed E-state index contributed by atoms with van der Waals surface area (Å²) in [4.78, 5) is 14.3. The number of likely N-dealkylation sites (tertiary alicyclic amines) is 1. The van der Waals surface area contributed by atoms with E-state index in [1.165, 1.54) is 11.6 Å². The molecule has 6 heteroatoms. The number of hydrogen-bond donors (Lipinski definition) is 1. The van der Waals surface area contributed by atoms with Crippen LogP contribution in [0.25, 0.3) is 0 Å². The Kier molecular flexibility index (Phi) is 6.06. The predicted octanol–water partition coefficient (Wildman–Crippen LogP) is 4.67. The molecular weight excluding hydrogens is 383 g/mol. The number of anilines is 1. The van der Waals surface area contributed by atoms with Gasteiger partial charge >= 0.3 is 6.03 Å². The van der Waals surface area contributed by atoms with Gasteiger partial charge in [-0.2, -0.15) is 0 Å². The highest BCUT2D eigenvalue weighted by atomic mass is 19.1. The second kappa shape index (κ2) is 8.74. The molecule has 1 N–H and O–H groups in total. The molecule has 5 nitrogen and oxygen atoms in total. The lowest BCUT2D eigenvalue weighted by Gasteiger charge is -2.47. The smallest absolute Gasteiger partial charge is 0.322 e. The highest BCUT2D eigenvalue weighted by Crippen LogP contribution is 2.39. The van der Waals surface area contributed by atoms with Gasteiger partial charge in [-0.05, 0) is 61.9 Å². The van der Waals surface area contributed by atoms with Crippen molar-refractivity contribution in [1.29, 1.82) is 0 Å². The first kappa shape index (κ1) is 20.8. The fraction of sp³-hybridized carbons (Fsp3) is 0.458. The molecule has 2 saturated heterocycles. The fourth-order valence-electron chi connectivity index (χ4n) is 4.21. The van der Waals surface area contributed by atoms with Crippen LogP contribution in [0.1, 0.15) is 29.5 Å². The number of amides is 2. The van der Waals surface area contributed by atoms with E-state index in [0.717, 1.165) is 24.1 Å². The van der Waals surface area contributed by atoms with Gasteiger partial charge in [0.2, 0.25) is 0 Å². The van der Waals surface area contributed by atoms with Crippen LogP contribution >= 0.6 is 0 Å². The van der Waals surface area contributed by atoms with E-state index in [1.807, 2.05) is 31.2 Å². The molecule has 2 aromatic carbocycles. The van der Waals surface area contributed by atoms with Gasteiger partial charge in [0, 0.05) is 17.9 Å². The minimum atomic E-state index is -0.228. The molecule has 30 heavy (non-hydrogen) atoms. The molecule has 2 aromatic rings. The van der Waals surface area contributed by atoms with E-state index >= 15 is 0 Å². The Bertz CT molecular complexity index is 911. The maximum atomic E-state index is 13.6. The Hall–Kier alpha value is -2.44. The molecule has 0 aromatic heterocycles. The van der Waals surface area contributed by atoms with Crippen LogP contribution < -0.4 is 5.32 Å². The van der Waals surface area contributed by atoms with Crippen molar-refractivity contribution in [2.45, 2.75) is 38.9 Å². The lowest BCUT2D eigenvalue weighted by Crippen LogP contribution is -2.64. The van der Waals surface area contributed by atoms with E-state index in [4.69, 9.17) is 9.47 Å². The van der Waals surface area contributed by atoms with Crippen molar-refractivity contribution in [3.63, 3.8) is 0 Å². The molecule has 2 heterocycles. The molecule has 1 spiro atoms. The average Bonchev–Trinajstić information content (AvgIpc) is 3.13. The third-order valence-electron chi connectivity index (χ3n) is 6.18. The van der Waals surface area contributed by atoms with Crippen molar-refractivity contribution >= 4 is 11.7 Å². The highest BCUT2D eigenvalue weighted by Gasteiger charge is 2.51. The number of nitrogens with zero attached hydrogens (tertiary/aromatic N) is 1. The molecular formula is C24H29FN2O3. The molecule has 0 aliphatic carbocycles. The molecule has 2 amide bonds. The Morgan fingerprint density at radius 2 is 2.03 bits per heavy atom. The van der Waals surface area contributed by atoms with Crippen molar-refractivity contribution in [1.82, 2.24) is 4.90 Å². The first-order chi connectivity index (χ1) is 14.4. The Balaban J connectivity index is 1.17. The van der Waals surface area contributed by atoms with Crippen LogP contribution in [-0.4, -0.2) is 42.8 Å². The lowest BCUT2D eigenvalue weighted by molar-refractivity contribution is -0.0894. The average molecular weight is 413 g/mol. The number of urea groups is 1. The molecule has 0 saturated carbocycles. The van der Waals surface area contributed by atoms with Gasteiger partial charge in [0.15, 0.2) is 0 Å². The number of nitrogens with one attached hydrogen (secondary N) is 1. The normalized spacial score (nSPS) is 19.7. The zero-order chi connectivity index (χ0) is 21.1. The van der Waals surface area contributed by atoms with Crippen LogP contribution in [0, 0.1) is 25.6 Å². The number of ether oxygens (including phenoxy) is 2. The minimum absolute atomic E-state index is 0.0795. The van der Waals surface area contributed by atoms with Gasteiger partial charge < -0.3 is 19.7 Å². The van der Waals surface area contributed by atoms with Gasteiger partial charge in [-0.25, -0.2) is 9.18 Å². The molecule has 2 aliphatic heterocycles. The molecule has 1 unspecified atom stereocenters. The summed E-state index contributed by atoms with van der Waals surface area (Å²) in [5.74, 6) is 0.185. The predicted molar refractivity (Wildman–Crippen MR) is 114 cm³/mol. The van der Waals surface area contributed by atoms with Gasteiger partial charge in [0.05, 0.1) is 26.3 Å². The summed E-state index contributed by atoms with van der Waals surface area (Å²) in [6, 6.07) is 12.5. The molecule has 2 fully saturated rings. The summed E-state index contributed by atoms with van der Waals surface area (Å²) in [5, 5.41) is 2.97. The van der Waals surface area contributed by atoms with Crippen molar-refractivity contribution in [2.75, 3.05) is 31.6 Å². The SMILES string of the molecule is Cc1ccc(NC(=O)N2CC3(CC(CCOCc4ccccc4F)CO3)C2)cc1C. The Morgan fingerprint density at radius 3 is 2.80 bits per heavy atom. The van der Waals surface area contributed by atoms with Crippen molar-refractivity contribution in [3.8, 4) is 0 Å². The van der Waals surface area contributed by atoms with E-state index < -0.39 is 0 Å². The topological polar surface area (TPSA) is 50.8 Å². The number of carbonyl (C=O) groups excluding carboxylic acids is 1. The molecule has 4 rings (SSSR count). The maximum absolute atomic E-state index is 13.6. The summed E-state index contributed by atoms with van der Waals surface area (Å²) in [7, 11) is 0. The van der Waals surface area contributed by atoms with E-state index in [9.17, 15) is 9.18 Å². The first-order valence-corrected chi connectivity index (χ1v) is 10.5. The Labute approximate surface area is 177 Å². The van der Waals surface area contributed by atoms with Crippen molar-refractivity contribution < 1.29 is 18.7 Å². The highest BCUT2D eigenvalue weighted by molar-refractivity contribution is 5.90. The van der Waals surface area contributed by atoms with Crippen LogP contribution in [0.4, 0.5) is 14.9 Å². The lowest BCUT2D eigenvalue weighted by atomic mass is 9.86. The van der Waals surface area contributed by atoms with Crippen LogP contribution in [0.15, 0.2) is 42.5 Å². The standard InChI is InChI=1S/C24H29FN2O3/c1-17-7-8-21(11-18(17)2)26-23(28)27-15-24(16-27)12-19(13-30-24)9-10-29-14-20-5-3-4-6-22(20)25/h3-8,11,19H,9-10,12-16H2,1-2H3,(H,26,28).